The zero-order valence-corrected chi connectivity index (χ0v) is 15.4. The van der Waals surface area contributed by atoms with Crippen molar-refractivity contribution in [2.45, 2.75) is 31.7 Å². The Bertz CT molecular complexity index is 826. The Hall–Kier alpha value is -2.83. The number of rotatable bonds is 4. The van der Waals surface area contributed by atoms with Gasteiger partial charge in [-0.2, -0.15) is 5.10 Å². The van der Waals surface area contributed by atoms with Gasteiger partial charge in [-0.1, -0.05) is 0 Å². The van der Waals surface area contributed by atoms with Crippen molar-refractivity contribution in [1.82, 2.24) is 14.7 Å². The summed E-state index contributed by atoms with van der Waals surface area (Å²) in [6, 6.07) is 7.40. The maximum absolute atomic E-state index is 13.2. The molecule has 1 fully saturated rings. The minimum atomic E-state index is -0.438. The van der Waals surface area contributed by atoms with E-state index in [0.29, 0.717) is 17.4 Å². The van der Waals surface area contributed by atoms with Gasteiger partial charge in [0.1, 0.15) is 5.75 Å². The van der Waals surface area contributed by atoms with Gasteiger partial charge in [0.05, 0.1) is 13.0 Å². The highest BCUT2D eigenvalue weighted by molar-refractivity contribution is 6.01. The number of carbonyl (C=O) groups excluding carboxylic acids is 2. The van der Waals surface area contributed by atoms with Gasteiger partial charge in [-0.15, -0.1) is 0 Å². The number of fused-ring (bicyclic) bond motifs is 1. The average molecular weight is 368 g/mol. The smallest absolute Gasteiger partial charge is 0.230 e. The number of ether oxygens (including phenoxy) is 1. The maximum atomic E-state index is 13.2. The molecule has 142 valence electrons. The predicted molar refractivity (Wildman–Crippen MR) is 101 cm³/mol. The molecule has 1 N–H and O–H groups in total. The first-order valence-corrected chi connectivity index (χ1v) is 9.38. The fourth-order valence-corrected chi connectivity index (χ4v) is 4.02. The van der Waals surface area contributed by atoms with Gasteiger partial charge in [-0.3, -0.25) is 14.3 Å². The Morgan fingerprint density at radius 2 is 2.15 bits per heavy atom. The van der Waals surface area contributed by atoms with Gasteiger partial charge in [0, 0.05) is 44.1 Å². The van der Waals surface area contributed by atoms with E-state index in [0.717, 1.165) is 38.0 Å². The molecular formula is C20H24N4O3. The summed E-state index contributed by atoms with van der Waals surface area (Å²) in [6.07, 6.45) is 5.86. The van der Waals surface area contributed by atoms with E-state index in [9.17, 15) is 9.59 Å². The number of nitrogens with one attached hydrogen (secondary N) is 1. The number of benzene rings is 1. The van der Waals surface area contributed by atoms with E-state index in [1.54, 1.807) is 19.4 Å². The Morgan fingerprint density at radius 3 is 2.85 bits per heavy atom. The molecular weight excluding hydrogens is 344 g/mol. The topological polar surface area (TPSA) is 76.5 Å². The molecule has 1 atom stereocenters. The van der Waals surface area contributed by atoms with Crippen molar-refractivity contribution in [2.75, 3.05) is 25.5 Å². The van der Waals surface area contributed by atoms with Crippen LogP contribution in [0, 0.1) is 5.92 Å². The molecule has 1 aromatic carbocycles. The van der Waals surface area contributed by atoms with Crippen molar-refractivity contribution in [3.8, 4) is 5.75 Å². The van der Waals surface area contributed by atoms with Crippen LogP contribution >= 0.6 is 0 Å². The largest absolute Gasteiger partial charge is 0.497 e. The summed E-state index contributed by atoms with van der Waals surface area (Å²) in [5.74, 6) is 0.708. The second-order valence-electron chi connectivity index (χ2n) is 7.25. The Balaban J connectivity index is 1.45. The minimum Gasteiger partial charge on any atom is -0.497 e. The highest BCUT2D eigenvalue weighted by Gasteiger charge is 2.35. The molecule has 3 heterocycles. The van der Waals surface area contributed by atoms with Crippen LogP contribution in [0.5, 0.6) is 5.75 Å². The molecule has 7 nitrogen and oxygen atoms in total. The maximum Gasteiger partial charge on any atom is 0.230 e. The molecule has 1 saturated heterocycles. The number of likely N-dealkylation sites (tertiary alicyclic amines) is 1. The second-order valence-corrected chi connectivity index (χ2v) is 7.25. The molecule has 1 aromatic heterocycles. The molecule has 2 aliphatic rings. The van der Waals surface area contributed by atoms with Crippen molar-refractivity contribution >= 4 is 17.5 Å². The van der Waals surface area contributed by atoms with E-state index < -0.39 is 5.92 Å². The van der Waals surface area contributed by atoms with E-state index >= 15 is 0 Å². The molecule has 0 saturated carbocycles. The Kier molecular flexibility index (Phi) is 4.83. The zero-order chi connectivity index (χ0) is 18.8. The number of carbonyl (C=O) groups is 2. The van der Waals surface area contributed by atoms with Crippen molar-refractivity contribution < 1.29 is 14.3 Å². The number of amides is 2. The molecule has 27 heavy (non-hydrogen) atoms. The van der Waals surface area contributed by atoms with Crippen LogP contribution in [0.3, 0.4) is 0 Å². The van der Waals surface area contributed by atoms with Crippen LogP contribution in [0.1, 0.15) is 30.7 Å². The molecule has 7 heteroatoms. The van der Waals surface area contributed by atoms with Crippen LogP contribution in [-0.4, -0.2) is 46.7 Å². The predicted octanol–water partition coefficient (Wildman–Crippen LogP) is 2.26. The molecule has 0 aliphatic carbocycles. The molecule has 0 bridgehead atoms. The van der Waals surface area contributed by atoms with Gasteiger partial charge in [-0.25, -0.2) is 0 Å². The third-order valence-electron chi connectivity index (χ3n) is 5.53. The van der Waals surface area contributed by atoms with Crippen LogP contribution in [-0.2, 0) is 16.1 Å². The number of hydrogen-bond donors (Lipinski definition) is 1. The van der Waals surface area contributed by atoms with Crippen LogP contribution in [0.4, 0.5) is 5.69 Å². The first-order chi connectivity index (χ1) is 13.1. The average Bonchev–Trinajstić information content (AvgIpc) is 3.20. The quantitative estimate of drug-likeness (QED) is 0.898. The van der Waals surface area contributed by atoms with Gasteiger partial charge < -0.3 is 15.0 Å². The summed E-state index contributed by atoms with van der Waals surface area (Å²) in [7, 11) is 1.60. The van der Waals surface area contributed by atoms with E-state index in [2.05, 4.69) is 10.4 Å². The number of hydrogen-bond acceptors (Lipinski definition) is 4. The lowest BCUT2D eigenvalue weighted by atomic mass is 9.87. The Labute approximate surface area is 158 Å². The van der Waals surface area contributed by atoms with Crippen molar-refractivity contribution in [3.05, 3.63) is 42.2 Å². The molecule has 2 aromatic rings. The standard InChI is InChI=1S/C20H24N4O3/c1-27-15-3-4-18-16(11-15)17(12-19(25)22-18)20(26)23-9-5-14(6-10-23)13-24-8-2-7-21-24/h2-4,7-8,11,14,17H,5-6,9-10,12-13H2,1H3,(H,22,25)/t17-/m1/s1. The van der Waals surface area contributed by atoms with Gasteiger partial charge in [0.2, 0.25) is 11.8 Å². The summed E-state index contributed by atoms with van der Waals surface area (Å²) >= 11 is 0. The summed E-state index contributed by atoms with van der Waals surface area (Å²) < 4.78 is 7.25. The highest BCUT2D eigenvalue weighted by Crippen LogP contribution is 2.36. The van der Waals surface area contributed by atoms with Crippen LogP contribution in [0.15, 0.2) is 36.7 Å². The third kappa shape index (κ3) is 3.67. The van der Waals surface area contributed by atoms with E-state index in [4.69, 9.17) is 4.74 Å². The number of nitrogens with zero attached hydrogens (tertiary/aromatic N) is 3. The van der Waals surface area contributed by atoms with Gasteiger partial charge in [0.15, 0.2) is 0 Å². The zero-order valence-electron chi connectivity index (χ0n) is 15.4. The number of aromatic nitrogens is 2. The van der Waals surface area contributed by atoms with E-state index in [-0.39, 0.29) is 18.2 Å². The van der Waals surface area contributed by atoms with E-state index in [1.165, 1.54) is 0 Å². The first kappa shape index (κ1) is 17.6. The number of methoxy groups -OCH3 is 1. The van der Waals surface area contributed by atoms with Crippen LogP contribution < -0.4 is 10.1 Å². The van der Waals surface area contributed by atoms with Gasteiger partial charge >= 0.3 is 0 Å². The normalized spacial score (nSPS) is 20.1. The molecule has 4 rings (SSSR count). The first-order valence-electron chi connectivity index (χ1n) is 9.38. The summed E-state index contributed by atoms with van der Waals surface area (Å²) in [5, 5.41) is 7.12. The van der Waals surface area contributed by atoms with Gasteiger partial charge in [0.25, 0.3) is 0 Å². The monoisotopic (exact) mass is 368 g/mol. The van der Waals surface area contributed by atoms with Crippen LogP contribution in [0.25, 0.3) is 0 Å². The second kappa shape index (κ2) is 7.42. The molecule has 0 radical (unpaired) electrons. The molecule has 2 aliphatic heterocycles. The van der Waals surface area contributed by atoms with Crippen molar-refractivity contribution in [2.24, 2.45) is 5.92 Å². The number of anilines is 1. The lowest BCUT2D eigenvalue weighted by Crippen LogP contribution is -2.43. The van der Waals surface area contributed by atoms with Crippen molar-refractivity contribution in [1.29, 1.82) is 0 Å². The minimum absolute atomic E-state index is 0.0388. The lowest BCUT2D eigenvalue weighted by molar-refractivity contribution is -0.136. The lowest BCUT2D eigenvalue weighted by Gasteiger charge is -2.35. The fraction of sp³-hybridized carbons (Fsp3) is 0.450. The third-order valence-corrected chi connectivity index (χ3v) is 5.53. The molecule has 0 unspecified atom stereocenters. The summed E-state index contributed by atoms with van der Waals surface area (Å²) in [4.78, 5) is 27.2. The highest BCUT2D eigenvalue weighted by atomic mass is 16.5. The number of piperidine rings is 1. The van der Waals surface area contributed by atoms with E-state index in [1.807, 2.05) is 34.0 Å². The summed E-state index contributed by atoms with van der Waals surface area (Å²) in [6.45, 7) is 2.34. The molecule has 0 spiro atoms. The van der Waals surface area contributed by atoms with Gasteiger partial charge in [-0.05, 0) is 48.6 Å². The van der Waals surface area contributed by atoms with Crippen LogP contribution in [0.2, 0.25) is 0 Å². The molecule has 2 amide bonds. The SMILES string of the molecule is COc1ccc2c(c1)[C@H](C(=O)N1CCC(Cn3cccn3)CC1)CC(=O)N2. The summed E-state index contributed by atoms with van der Waals surface area (Å²) in [5.41, 5.74) is 1.55. The fourth-order valence-electron chi connectivity index (χ4n) is 4.02. The Morgan fingerprint density at radius 1 is 1.33 bits per heavy atom. The van der Waals surface area contributed by atoms with Crippen molar-refractivity contribution in [3.63, 3.8) is 0 Å².